The second-order valence-electron chi connectivity index (χ2n) is 9.89. The molecule has 3 heteroatoms. The van der Waals surface area contributed by atoms with E-state index in [2.05, 4.69) is 35.7 Å². The fraction of sp³-hybridized carbons (Fsp3) is 0.767. The number of pyridine rings is 1. The van der Waals surface area contributed by atoms with Crippen LogP contribution in [0.1, 0.15) is 121 Å². The number of hydrogen-bond acceptors (Lipinski definition) is 2. The predicted molar refractivity (Wildman–Crippen MR) is 139 cm³/mol. The van der Waals surface area contributed by atoms with Gasteiger partial charge in [0.15, 0.2) is 18.7 Å². The third-order valence-electron chi connectivity index (χ3n) is 6.80. The lowest BCUT2D eigenvalue weighted by atomic mass is 10.0. The molecule has 0 N–H and O–H groups in total. The Bertz CT molecular complexity index is 582. The SMILES string of the molecule is C=CCCCCCC[n+]1cccc(CCCCCCCCCCCCOC2CCCCO2)c1. The molecule has 1 aliphatic rings. The molecule has 2 heterocycles. The maximum atomic E-state index is 5.81. The van der Waals surface area contributed by atoms with Gasteiger partial charge in [0.25, 0.3) is 0 Å². The minimum atomic E-state index is 0.0869. The summed E-state index contributed by atoms with van der Waals surface area (Å²) in [6.45, 7) is 6.72. The van der Waals surface area contributed by atoms with Crippen LogP contribution in [0.25, 0.3) is 0 Å². The van der Waals surface area contributed by atoms with Gasteiger partial charge in [-0.05, 0) is 63.9 Å². The fourth-order valence-electron chi connectivity index (χ4n) is 4.70. The van der Waals surface area contributed by atoms with Gasteiger partial charge in [0.1, 0.15) is 6.54 Å². The Kier molecular flexibility index (Phi) is 17.2. The number of hydrogen-bond donors (Lipinski definition) is 0. The van der Waals surface area contributed by atoms with Gasteiger partial charge in [-0.1, -0.05) is 63.9 Å². The zero-order valence-electron chi connectivity index (χ0n) is 21.5. The molecule has 0 aromatic carbocycles. The average molecular weight is 459 g/mol. The molecule has 2 rings (SSSR count). The molecule has 0 spiro atoms. The Morgan fingerprint density at radius 3 is 2.30 bits per heavy atom. The molecule has 1 aliphatic heterocycles. The lowest BCUT2D eigenvalue weighted by Gasteiger charge is -2.22. The molecule has 1 saturated heterocycles. The Morgan fingerprint density at radius 1 is 0.879 bits per heavy atom. The summed E-state index contributed by atoms with van der Waals surface area (Å²) in [5.41, 5.74) is 1.50. The normalized spacial score (nSPS) is 16.2. The number of allylic oxidation sites excluding steroid dienone is 1. The van der Waals surface area contributed by atoms with Crippen molar-refractivity contribution in [1.82, 2.24) is 0 Å². The first kappa shape index (κ1) is 28.1. The van der Waals surface area contributed by atoms with Crippen molar-refractivity contribution in [2.24, 2.45) is 0 Å². The number of unbranched alkanes of at least 4 members (excludes halogenated alkanes) is 13. The van der Waals surface area contributed by atoms with Gasteiger partial charge < -0.3 is 9.47 Å². The van der Waals surface area contributed by atoms with Crippen LogP contribution in [-0.4, -0.2) is 19.5 Å². The first-order valence-corrected chi connectivity index (χ1v) is 14.2. The van der Waals surface area contributed by atoms with Gasteiger partial charge in [-0.2, -0.15) is 0 Å². The van der Waals surface area contributed by atoms with Crippen LogP contribution in [0.3, 0.4) is 0 Å². The number of nitrogens with zero attached hydrogens (tertiary/aromatic N) is 1. The third kappa shape index (κ3) is 15.4. The molecule has 33 heavy (non-hydrogen) atoms. The van der Waals surface area contributed by atoms with Gasteiger partial charge in [0, 0.05) is 31.3 Å². The number of aromatic nitrogens is 1. The first-order valence-electron chi connectivity index (χ1n) is 14.2. The maximum absolute atomic E-state index is 5.81. The van der Waals surface area contributed by atoms with E-state index < -0.39 is 0 Å². The summed E-state index contributed by atoms with van der Waals surface area (Å²) in [6.07, 6.45) is 31.4. The molecule has 0 bridgehead atoms. The van der Waals surface area contributed by atoms with Gasteiger partial charge in [0.05, 0.1) is 0 Å². The molecule has 0 aliphatic carbocycles. The van der Waals surface area contributed by atoms with Gasteiger partial charge in [0.2, 0.25) is 0 Å². The second kappa shape index (κ2) is 20.2. The van der Waals surface area contributed by atoms with Crippen LogP contribution in [0.2, 0.25) is 0 Å². The summed E-state index contributed by atoms with van der Waals surface area (Å²) in [4.78, 5) is 0. The molecule has 1 unspecified atom stereocenters. The zero-order valence-corrected chi connectivity index (χ0v) is 21.5. The molecule has 1 aromatic heterocycles. The molecule has 0 radical (unpaired) electrons. The van der Waals surface area contributed by atoms with Crippen molar-refractivity contribution >= 4 is 0 Å². The van der Waals surface area contributed by atoms with Crippen molar-refractivity contribution in [2.75, 3.05) is 13.2 Å². The van der Waals surface area contributed by atoms with Crippen LogP contribution in [0.5, 0.6) is 0 Å². The summed E-state index contributed by atoms with van der Waals surface area (Å²) in [5.74, 6) is 0. The number of ether oxygens (including phenoxy) is 2. The van der Waals surface area contributed by atoms with Crippen molar-refractivity contribution < 1.29 is 14.0 Å². The van der Waals surface area contributed by atoms with Crippen molar-refractivity contribution in [3.05, 3.63) is 42.7 Å². The molecular formula is C30H52NO2+. The standard InChI is InChI=1S/C30H52NO2/c1-2-3-4-5-13-17-24-31-25-20-22-29(28-31)21-15-12-10-8-6-7-9-11-14-18-26-32-30-23-16-19-27-33-30/h2,20,22,25,28,30H,1,3-19,21,23-24,26-27H2/q+1. The molecule has 188 valence electrons. The monoisotopic (exact) mass is 458 g/mol. The minimum Gasteiger partial charge on any atom is -0.353 e. The second-order valence-corrected chi connectivity index (χ2v) is 9.89. The van der Waals surface area contributed by atoms with Crippen LogP contribution in [0, 0.1) is 0 Å². The van der Waals surface area contributed by atoms with Crippen molar-refractivity contribution in [3.63, 3.8) is 0 Å². The highest BCUT2D eigenvalue weighted by atomic mass is 16.7. The van der Waals surface area contributed by atoms with Crippen molar-refractivity contribution in [3.8, 4) is 0 Å². The van der Waals surface area contributed by atoms with E-state index in [4.69, 9.17) is 9.47 Å². The zero-order chi connectivity index (χ0) is 23.2. The summed E-state index contributed by atoms with van der Waals surface area (Å²) in [5, 5.41) is 0. The number of rotatable bonds is 21. The van der Waals surface area contributed by atoms with E-state index in [9.17, 15) is 0 Å². The Labute approximate surface area is 205 Å². The summed E-state index contributed by atoms with van der Waals surface area (Å²) in [6, 6.07) is 4.52. The van der Waals surface area contributed by atoms with Crippen LogP contribution >= 0.6 is 0 Å². The predicted octanol–water partition coefficient (Wildman–Crippen LogP) is 8.10. The first-order chi connectivity index (χ1) is 16.4. The molecule has 1 fully saturated rings. The maximum Gasteiger partial charge on any atom is 0.171 e. The van der Waals surface area contributed by atoms with E-state index in [1.165, 1.54) is 115 Å². The van der Waals surface area contributed by atoms with E-state index >= 15 is 0 Å². The largest absolute Gasteiger partial charge is 0.353 e. The van der Waals surface area contributed by atoms with Crippen LogP contribution in [0.4, 0.5) is 0 Å². The highest BCUT2D eigenvalue weighted by molar-refractivity contribution is 5.05. The van der Waals surface area contributed by atoms with Crippen molar-refractivity contribution in [2.45, 2.75) is 135 Å². The fourth-order valence-corrected chi connectivity index (χ4v) is 4.70. The van der Waals surface area contributed by atoms with E-state index in [0.29, 0.717) is 0 Å². The molecular weight excluding hydrogens is 406 g/mol. The Morgan fingerprint density at radius 2 is 1.58 bits per heavy atom. The molecule has 3 nitrogen and oxygen atoms in total. The van der Waals surface area contributed by atoms with Gasteiger partial charge in [-0.25, -0.2) is 4.57 Å². The molecule has 0 saturated carbocycles. The Hall–Kier alpha value is -1.19. The van der Waals surface area contributed by atoms with Gasteiger partial charge >= 0.3 is 0 Å². The highest BCUT2D eigenvalue weighted by Crippen LogP contribution is 2.15. The molecule has 0 amide bonds. The van der Waals surface area contributed by atoms with Crippen LogP contribution in [0.15, 0.2) is 37.2 Å². The topological polar surface area (TPSA) is 22.3 Å². The average Bonchev–Trinajstić information content (AvgIpc) is 2.85. The molecule has 1 atom stereocenters. The van der Waals surface area contributed by atoms with Crippen LogP contribution in [-0.2, 0) is 22.4 Å². The number of aryl methyl sites for hydroxylation is 2. The lowest BCUT2D eigenvalue weighted by Crippen LogP contribution is -2.33. The Balaban J connectivity index is 1.34. The summed E-state index contributed by atoms with van der Waals surface area (Å²) < 4.78 is 13.8. The van der Waals surface area contributed by atoms with Crippen LogP contribution < -0.4 is 4.57 Å². The lowest BCUT2D eigenvalue weighted by molar-refractivity contribution is -0.697. The smallest absolute Gasteiger partial charge is 0.171 e. The quantitative estimate of drug-likeness (QED) is 0.105. The van der Waals surface area contributed by atoms with Crippen molar-refractivity contribution in [1.29, 1.82) is 0 Å². The van der Waals surface area contributed by atoms with E-state index in [0.717, 1.165) is 32.6 Å². The summed E-state index contributed by atoms with van der Waals surface area (Å²) >= 11 is 0. The highest BCUT2D eigenvalue weighted by Gasteiger charge is 2.13. The minimum absolute atomic E-state index is 0.0869. The molecule has 1 aromatic rings. The van der Waals surface area contributed by atoms with E-state index in [1.54, 1.807) is 0 Å². The van der Waals surface area contributed by atoms with Gasteiger partial charge in [-0.3, -0.25) is 0 Å². The van der Waals surface area contributed by atoms with E-state index in [-0.39, 0.29) is 6.29 Å². The summed E-state index contributed by atoms with van der Waals surface area (Å²) in [7, 11) is 0. The third-order valence-corrected chi connectivity index (χ3v) is 6.80. The van der Waals surface area contributed by atoms with Gasteiger partial charge in [-0.15, -0.1) is 6.58 Å². The van der Waals surface area contributed by atoms with E-state index in [1.807, 2.05) is 6.08 Å².